The third-order valence-electron chi connectivity index (χ3n) is 3.92. The molecule has 4 rings (SSSR count). The molecule has 0 aliphatic carbocycles. The predicted molar refractivity (Wildman–Crippen MR) is 110 cm³/mol. The van der Waals surface area contributed by atoms with Crippen molar-refractivity contribution in [3.05, 3.63) is 71.2 Å². The van der Waals surface area contributed by atoms with Gasteiger partial charge < -0.3 is 5.32 Å². The molecule has 1 aromatic heterocycles. The highest BCUT2D eigenvalue weighted by molar-refractivity contribution is 9.10. The molecular formula is C19H14BrN5OS. The van der Waals surface area contributed by atoms with Crippen molar-refractivity contribution in [2.24, 2.45) is 0 Å². The van der Waals surface area contributed by atoms with E-state index in [0.717, 1.165) is 26.6 Å². The Morgan fingerprint density at radius 2 is 1.74 bits per heavy atom. The summed E-state index contributed by atoms with van der Waals surface area (Å²) < 4.78 is 2.61. The summed E-state index contributed by atoms with van der Waals surface area (Å²) >= 11 is 4.83. The predicted octanol–water partition coefficient (Wildman–Crippen LogP) is 4.31. The van der Waals surface area contributed by atoms with E-state index in [1.165, 1.54) is 11.8 Å². The smallest absolute Gasteiger partial charge is 0.234 e. The van der Waals surface area contributed by atoms with E-state index < -0.39 is 0 Å². The second kappa shape index (κ2) is 7.89. The quantitative estimate of drug-likeness (QED) is 0.469. The summed E-state index contributed by atoms with van der Waals surface area (Å²) in [5.41, 5.74) is 1.63. The van der Waals surface area contributed by atoms with Crippen LogP contribution in [-0.4, -0.2) is 31.9 Å². The Labute approximate surface area is 168 Å². The number of halogens is 1. The maximum Gasteiger partial charge on any atom is 0.234 e. The van der Waals surface area contributed by atoms with Crippen LogP contribution in [0.2, 0.25) is 0 Å². The standard InChI is InChI=1S/C19H14BrN5OS/c20-16-10-11-17(15-9-5-4-8-14(15)16)21-18(26)12-27-19-22-23-24-25(19)13-6-2-1-3-7-13/h1-11H,12H2,(H,21,26). The van der Waals surface area contributed by atoms with Crippen LogP contribution in [0.3, 0.4) is 0 Å². The molecule has 1 heterocycles. The number of aromatic nitrogens is 4. The number of amides is 1. The fourth-order valence-corrected chi connectivity index (χ4v) is 3.86. The molecule has 0 fully saturated rings. The number of nitrogens with one attached hydrogen (secondary N) is 1. The summed E-state index contributed by atoms with van der Waals surface area (Å²) in [4.78, 5) is 12.5. The summed E-state index contributed by atoms with van der Waals surface area (Å²) in [5, 5.41) is 17.3. The number of benzene rings is 3. The lowest BCUT2D eigenvalue weighted by molar-refractivity contribution is -0.113. The third kappa shape index (κ3) is 3.86. The molecule has 3 aromatic carbocycles. The zero-order chi connectivity index (χ0) is 18.6. The molecule has 6 nitrogen and oxygen atoms in total. The van der Waals surface area contributed by atoms with E-state index in [1.807, 2.05) is 66.7 Å². The number of rotatable bonds is 5. The van der Waals surface area contributed by atoms with E-state index in [9.17, 15) is 4.79 Å². The van der Waals surface area contributed by atoms with E-state index in [-0.39, 0.29) is 11.7 Å². The number of para-hydroxylation sites is 1. The lowest BCUT2D eigenvalue weighted by Gasteiger charge is -2.10. The fraction of sp³-hybridized carbons (Fsp3) is 0.0526. The van der Waals surface area contributed by atoms with Crippen LogP contribution in [0.5, 0.6) is 0 Å². The molecule has 0 radical (unpaired) electrons. The molecular weight excluding hydrogens is 426 g/mol. The molecule has 134 valence electrons. The van der Waals surface area contributed by atoms with Crippen LogP contribution < -0.4 is 5.32 Å². The Balaban J connectivity index is 1.48. The van der Waals surface area contributed by atoms with Crippen LogP contribution in [0, 0.1) is 0 Å². The average molecular weight is 440 g/mol. The zero-order valence-corrected chi connectivity index (χ0v) is 16.4. The minimum Gasteiger partial charge on any atom is -0.325 e. The number of nitrogens with zero attached hydrogens (tertiary/aromatic N) is 4. The summed E-state index contributed by atoms with van der Waals surface area (Å²) in [6, 6.07) is 21.3. The van der Waals surface area contributed by atoms with Crippen LogP contribution in [0.1, 0.15) is 0 Å². The van der Waals surface area contributed by atoms with Crippen LogP contribution in [-0.2, 0) is 4.79 Å². The molecule has 4 aromatic rings. The van der Waals surface area contributed by atoms with Gasteiger partial charge in [-0.25, -0.2) is 0 Å². The minimum atomic E-state index is -0.116. The first kappa shape index (κ1) is 17.7. The van der Waals surface area contributed by atoms with Crippen molar-refractivity contribution in [1.82, 2.24) is 20.2 Å². The normalized spacial score (nSPS) is 10.9. The summed E-state index contributed by atoms with van der Waals surface area (Å²) in [7, 11) is 0. The topological polar surface area (TPSA) is 72.7 Å². The highest BCUT2D eigenvalue weighted by atomic mass is 79.9. The van der Waals surface area contributed by atoms with Crippen molar-refractivity contribution in [3.63, 3.8) is 0 Å². The number of carbonyl (C=O) groups excluding carboxylic acids is 1. The van der Waals surface area contributed by atoms with Crippen molar-refractivity contribution in [3.8, 4) is 5.69 Å². The van der Waals surface area contributed by atoms with Crippen molar-refractivity contribution in [2.75, 3.05) is 11.1 Å². The fourth-order valence-electron chi connectivity index (χ4n) is 2.69. The van der Waals surface area contributed by atoms with Crippen LogP contribution in [0.25, 0.3) is 16.5 Å². The molecule has 0 atom stereocenters. The molecule has 0 saturated carbocycles. The molecule has 1 amide bonds. The number of hydrogen-bond acceptors (Lipinski definition) is 5. The van der Waals surface area contributed by atoms with Gasteiger partial charge in [0.1, 0.15) is 0 Å². The van der Waals surface area contributed by atoms with Gasteiger partial charge in [0.25, 0.3) is 0 Å². The van der Waals surface area contributed by atoms with Gasteiger partial charge in [-0.1, -0.05) is 70.2 Å². The zero-order valence-electron chi connectivity index (χ0n) is 14.0. The van der Waals surface area contributed by atoms with Gasteiger partial charge in [-0.3, -0.25) is 4.79 Å². The molecule has 0 bridgehead atoms. The summed E-state index contributed by atoms with van der Waals surface area (Å²) in [6.07, 6.45) is 0. The Kier molecular flexibility index (Phi) is 5.17. The monoisotopic (exact) mass is 439 g/mol. The van der Waals surface area contributed by atoms with Crippen LogP contribution in [0.15, 0.2) is 76.4 Å². The van der Waals surface area contributed by atoms with Gasteiger partial charge in [0.15, 0.2) is 0 Å². The number of tetrazole rings is 1. The summed E-state index contributed by atoms with van der Waals surface area (Å²) in [5.74, 6) is 0.0903. The SMILES string of the molecule is O=C(CSc1nnnn1-c1ccccc1)Nc1ccc(Br)c2ccccc12. The first-order valence-corrected chi connectivity index (χ1v) is 9.94. The number of fused-ring (bicyclic) bond motifs is 1. The van der Waals surface area contributed by atoms with Crippen LogP contribution in [0.4, 0.5) is 5.69 Å². The molecule has 27 heavy (non-hydrogen) atoms. The second-order valence-electron chi connectivity index (χ2n) is 5.69. The molecule has 8 heteroatoms. The van der Waals surface area contributed by atoms with Gasteiger partial charge in [-0.05, 0) is 40.1 Å². The van der Waals surface area contributed by atoms with Crippen molar-refractivity contribution < 1.29 is 4.79 Å². The largest absolute Gasteiger partial charge is 0.325 e. The second-order valence-corrected chi connectivity index (χ2v) is 7.48. The minimum absolute atomic E-state index is 0.116. The molecule has 0 aliphatic rings. The lowest BCUT2D eigenvalue weighted by atomic mass is 10.1. The third-order valence-corrected chi connectivity index (χ3v) is 5.53. The highest BCUT2D eigenvalue weighted by Gasteiger charge is 2.13. The first-order valence-electron chi connectivity index (χ1n) is 8.16. The number of carbonyl (C=O) groups is 1. The Morgan fingerprint density at radius 1 is 1.00 bits per heavy atom. The first-order chi connectivity index (χ1) is 13.2. The number of hydrogen-bond donors (Lipinski definition) is 1. The van der Waals surface area contributed by atoms with Crippen molar-refractivity contribution in [1.29, 1.82) is 0 Å². The van der Waals surface area contributed by atoms with Crippen LogP contribution >= 0.6 is 27.7 Å². The van der Waals surface area contributed by atoms with E-state index in [2.05, 4.69) is 36.8 Å². The van der Waals surface area contributed by atoms with Gasteiger partial charge in [-0.2, -0.15) is 4.68 Å². The number of anilines is 1. The van der Waals surface area contributed by atoms with E-state index in [4.69, 9.17) is 0 Å². The highest BCUT2D eigenvalue weighted by Crippen LogP contribution is 2.30. The van der Waals surface area contributed by atoms with E-state index in [0.29, 0.717) is 5.16 Å². The van der Waals surface area contributed by atoms with E-state index in [1.54, 1.807) is 4.68 Å². The molecule has 0 saturated heterocycles. The van der Waals surface area contributed by atoms with Gasteiger partial charge >= 0.3 is 0 Å². The molecule has 0 aliphatic heterocycles. The molecule has 0 unspecified atom stereocenters. The molecule has 1 N–H and O–H groups in total. The summed E-state index contributed by atoms with van der Waals surface area (Å²) in [6.45, 7) is 0. The van der Waals surface area contributed by atoms with Crippen molar-refractivity contribution >= 4 is 50.1 Å². The van der Waals surface area contributed by atoms with Gasteiger partial charge in [0, 0.05) is 15.5 Å². The Hall–Kier alpha value is -2.71. The van der Waals surface area contributed by atoms with Crippen molar-refractivity contribution in [2.45, 2.75) is 5.16 Å². The number of thioether (sulfide) groups is 1. The molecule has 0 spiro atoms. The Bertz CT molecular complexity index is 1100. The Morgan fingerprint density at radius 3 is 2.56 bits per heavy atom. The maximum atomic E-state index is 12.5. The lowest BCUT2D eigenvalue weighted by Crippen LogP contribution is -2.15. The van der Waals surface area contributed by atoms with Gasteiger partial charge in [0.2, 0.25) is 11.1 Å². The van der Waals surface area contributed by atoms with Gasteiger partial charge in [0.05, 0.1) is 11.4 Å². The van der Waals surface area contributed by atoms with Gasteiger partial charge in [-0.15, -0.1) is 5.10 Å². The average Bonchev–Trinajstić information content (AvgIpc) is 3.18. The maximum absolute atomic E-state index is 12.5. The van der Waals surface area contributed by atoms with E-state index >= 15 is 0 Å².